The van der Waals surface area contributed by atoms with Gasteiger partial charge in [-0.1, -0.05) is 18.2 Å². The summed E-state index contributed by atoms with van der Waals surface area (Å²) in [5, 5.41) is 12.1. The number of aryl methyl sites for hydroxylation is 1. The number of aromatic nitrogens is 2. The molecule has 1 aliphatic carbocycles. The first-order valence-corrected chi connectivity index (χ1v) is 7.67. The van der Waals surface area contributed by atoms with E-state index in [9.17, 15) is 4.79 Å². The first-order valence-electron chi connectivity index (χ1n) is 7.67. The number of amides is 1. The van der Waals surface area contributed by atoms with Gasteiger partial charge in [-0.3, -0.25) is 9.48 Å². The predicted octanol–water partition coefficient (Wildman–Crippen LogP) is 1.81. The van der Waals surface area contributed by atoms with E-state index < -0.39 is 0 Å². The number of fused-ring (bicyclic) bond motifs is 1. The highest BCUT2D eigenvalue weighted by molar-refractivity contribution is 5.83. The molecule has 0 saturated heterocycles. The molecule has 5 heteroatoms. The van der Waals surface area contributed by atoms with Gasteiger partial charge in [0, 0.05) is 24.5 Å². The number of hydrogen-bond acceptors (Lipinski definition) is 3. The van der Waals surface area contributed by atoms with Gasteiger partial charge < -0.3 is 10.6 Å². The van der Waals surface area contributed by atoms with Crippen LogP contribution in [0.3, 0.4) is 0 Å². The van der Waals surface area contributed by atoms with E-state index in [0.29, 0.717) is 12.6 Å². The summed E-state index contributed by atoms with van der Waals surface area (Å²) in [7, 11) is 0. The average molecular weight is 286 g/mol. The maximum absolute atomic E-state index is 11.9. The van der Waals surface area contributed by atoms with E-state index in [-0.39, 0.29) is 11.9 Å². The third-order valence-electron chi connectivity index (χ3n) is 3.93. The van der Waals surface area contributed by atoms with Crippen LogP contribution in [-0.4, -0.2) is 27.8 Å². The molecule has 1 aromatic heterocycles. The van der Waals surface area contributed by atoms with Crippen molar-refractivity contribution in [1.82, 2.24) is 20.4 Å². The smallest absolute Gasteiger partial charge is 0.237 e. The van der Waals surface area contributed by atoms with Crippen molar-refractivity contribution < 1.29 is 4.79 Å². The van der Waals surface area contributed by atoms with Gasteiger partial charge >= 0.3 is 0 Å². The molecule has 112 valence electrons. The number of hydrogen-bond donors (Lipinski definition) is 2. The summed E-state index contributed by atoms with van der Waals surface area (Å²) in [6.07, 6.45) is 2.23. The molecular weight excluding hydrogens is 264 g/mol. The van der Waals surface area contributed by atoms with Crippen molar-refractivity contribution in [2.75, 3.05) is 0 Å². The van der Waals surface area contributed by atoms with Crippen molar-refractivity contribution in [1.29, 1.82) is 0 Å². The van der Waals surface area contributed by atoms with Gasteiger partial charge in [-0.2, -0.15) is 5.10 Å². The molecule has 1 aromatic carbocycles. The number of para-hydroxylation sites is 1. The Morgan fingerprint density at radius 1 is 1.43 bits per heavy atom. The van der Waals surface area contributed by atoms with Crippen LogP contribution in [0.15, 0.2) is 24.3 Å². The minimum Gasteiger partial charge on any atom is -0.352 e. The van der Waals surface area contributed by atoms with Gasteiger partial charge in [-0.15, -0.1) is 0 Å². The molecule has 1 amide bonds. The van der Waals surface area contributed by atoms with Gasteiger partial charge in [0.25, 0.3) is 0 Å². The van der Waals surface area contributed by atoms with Crippen molar-refractivity contribution in [2.45, 2.75) is 51.9 Å². The Labute approximate surface area is 124 Å². The van der Waals surface area contributed by atoms with Gasteiger partial charge in [-0.25, -0.2) is 0 Å². The van der Waals surface area contributed by atoms with Crippen molar-refractivity contribution in [3.63, 3.8) is 0 Å². The maximum atomic E-state index is 11.9. The summed E-state index contributed by atoms with van der Waals surface area (Å²) >= 11 is 0. The lowest BCUT2D eigenvalue weighted by molar-refractivity contribution is -0.122. The minimum absolute atomic E-state index is 0.0803. The fourth-order valence-electron chi connectivity index (χ4n) is 2.46. The van der Waals surface area contributed by atoms with Crippen LogP contribution in [0.2, 0.25) is 0 Å². The van der Waals surface area contributed by atoms with Gasteiger partial charge in [0.05, 0.1) is 17.3 Å². The summed E-state index contributed by atoms with van der Waals surface area (Å²) in [5.41, 5.74) is 2.14. The van der Waals surface area contributed by atoms with Crippen molar-refractivity contribution in [3.8, 4) is 0 Å². The van der Waals surface area contributed by atoms with E-state index >= 15 is 0 Å². The molecule has 21 heavy (non-hydrogen) atoms. The van der Waals surface area contributed by atoms with Crippen LogP contribution in [-0.2, 0) is 17.9 Å². The van der Waals surface area contributed by atoms with Gasteiger partial charge in [0.15, 0.2) is 0 Å². The molecule has 1 atom stereocenters. The molecule has 1 fully saturated rings. The minimum atomic E-state index is -0.198. The second-order valence-corrected chi connectivity index (χ2v) is 5.67. The third kappa shape index (κ3) is 3.08. The number of benzene rings is 1. The molecule has 2 N–H and O–H groups in total. The van der Waals surface area contributed by atoms with Crippen LogP contribution in [0.1, 0.15) is 32.4 Å². The Morgan fingerprint density at radius 3 is 2.90 bits per heavy atom. The molecule has 1 heterocycles. The lowest BCUT2D eigenvalue weighted by Crippen LogP contribution is -2.42. The molecule has 1 aliphatic rings. The standard InChI is InChI=1S/C16H22N4O/c1-3-20-15-7-5-4-6-13(15)14(19-20)10-17-11(2)16(21)18-12-8-9-12/h4-7,11-12,17H,3,8-10H2,1-2H3,(H,18,21). The lowest BCUT2D eigenvalue weighted by atomic mass is 10.2. The molecule has 5 nitrogen and oxygen atoms in total. The second-order valence-electron chi connectivity index (χ2n) is 5.67. The monoisotopic (exact) mass is 286 g/mol. The summed E-state index contributed by atoms with van der Waals surface area (Å²) in [6.45, 7) is 5.43. The highest BCUT2D eigenvalue weighted by Gasteiger charge is 2.25. The lowest BCUT2D eigenvalue weighted by Gasteiger charge is -2.12. The molecule has 0 bridgehead atoms. The average Bonchev–Trinajstić information content (AvgIpc) is 3.24. The van der Waals surface area contributed by atoms with E-state index in [1.165, 1.54) is 0 Å². The van der Waals surface area contributed by atoms with Gasteiger partial charge in [0.1, 0.15) is 0 Å². The SMILES string of the molecule is CCn1nc(CNC(C)C(=O)NC2CC2)c2ccccc21. The van der Waals surface area contributed by atoms with Crippen LogP contribution in [0, 0.1) is 0 Å². The van der Waals surface area contributed by atoms with Gasteiger partial charge in [-0.05, 0) is 32.8 Å². The molecule has 0 spiro atoms. The second kappa shape index (κ2) is 5.85. The predicted molar refractivity (Wildman–Crippen MR) is 82.9 cm³/mol. The Morgan fingerprint density at radius 2 is 2.19 bits per heavy atom. The summed E-state index contributed by atoms with van der Waals surface area (Å²) in [6, 6.07) is 8.42. The Balaban J connectivity index is 1.68. The highest BCUT2D eigenvalue weighted by atomic mass is 16.2. The molecule has 1 unspecified atom stereocenters. The molecular formula is C16H22N4O. The normalized spacial score (nSPS) is 16.1. The number of nitrogens with one attached hydrogen (secondary N) is 2. The molecule has 0 radical (unpaired) electrons. The zero-order valence-electron chi connectivity index (χ0n) is 12.6. The zero-order chi connectivity index (χ0) is 14.8. The van der Waals surface area contributed by atoms with Crippen molar-refractivity contribution in [3.05, 3.63) is 30.0 Å². The fourth-order valence-corrected chi connectivity index (χ4v) is 2.46. The Hall–Kier alpha value is -1.88. The summed E-state index contributed by atoms with van der Waals surface area (Å²) in [5.74, 6) is 0.0803. The number of nitrogens with zero attached hydrogens (tertiary/aromatic N) is 2. The Bertz CT molecular complexity index is 645. The van der Waals surface area contributed by atoms with Crippen LogP contribution in [0.5, 0.6) is 0 Å². The fraction of sp³-hybridized carbons (Fsp3) is 0.500. The first-order chi connectivity index (χ1) is 10.2. The van der Waals surface area contributed by atoms with E-state index in [1.54, 1.807) is 0 Å². The van der Waals surface area contributed by atoms with Crippen LogP contribution < -0.4 is 10.6 Å². The van der Waals surface area contributed by atoms with E-state index in [0.717, 1.165) is 36.0 Å². The largest absolute Gasteiger partial charge is 0.352 e. The molecule has 0 aliphatic heterocycles. The summed E-state index contributed by atoms with van der Waals surface area (Å²) < 4.78 is 2.00. The molecule has 2 aromatic rings. The molecule has 1 saturated carbocycles. The van der Waals surface area contributed by atoms with Crippen LogP contribution >= 0.6 is 0 Å². The van der Waals surface area contributed by atoms with E-state index in [2.05, 4.69) is 34.8 Å². The van der Waals surface area contributed by atoms with Crippen molar-refractivity contribution >= 4 is 16.8 Å². The number of carbonyl (C=O) groups is 1. The first kappa shape index (κ1) is 14.1. The van der Waals surface area contributed by atoms with Crippen LogP contribution in [0.25, 0.3) is 10.9 Å². The third-order valence-corrected chi connectivity index (χ3v) is 3.93. The topological polar surface area (TPSA) is 59.0 Å². The highest BCUT2D eigenvalue weighted by Crippen LogP contribution is 2.19. The summed E-state index contributed by atoms with van der Waals surface area (Å²) in [4.78, 5) is 11.9. The maximum Gasteiger partial charge on any atom is 0.237 e. The number of carbonyl (C=O) groups excluding carboxylic acids is 1. The van der Waals surface area contributed by atoms with E-state index in [1.807, 2.05) is 23.7 Å². The van der Waals surface area contributed by atoms with Crippen molar-refractivity contribution in [2.24, 2.45) is 0 Å². The van der Waals surface area contributed by atoms with Gasteiger partial charge in [0.2, 0.25) is 5.91 Å². The van der Waals surface area contributed by atoms with Crippen LogP contribution in [0.4, 0.5) is 0 Å². The Kier molecular flexibility index (Phi) is 3.92. The molecule has 3 rings (SSSR count). The zero-order valence-corrected chi connectivity index (χ0v) is 12.6. The van der Waals surface area contributed by atoms with E-state index in [4.69, 9.17) is 0 Å². The quantitative estimate of drug-likeness (QED) is 0.851. The number of rotatable bonds is 6.